The van der Waals surface area contributed by atoms with E-state index in [0.29, 0.717) is 25.0 Å². The van der Waals surface area contributed by atoms with Crippen LogP contribution in [0.3, 0.4) is 0 Å². The number of rotatable bonds is 5. The number of alkyl carbamates (subject to hydrolysis) is 1. The Labute approximate surface area is 131 Å². The van der Waals surface area contributed by atoms with Crippen LogP contribution in [0.4, 0.5) is 4.79 Å². The fraction of sp³-hybridized carbons (Fsp3) is 0.800. The summed E-state index contributed by atoms with van der Waals surface area (Å²) in [6, 6.07) is 0.400. The summed E-state index contributed by atoms with van der Waals surface area (Å²) in [4.78, 5) is 11.7. The summed E-state index contributed by atoms with van der Waals surface area (Å²) in [5.74, 6) is 0.434. The Balaban J connectivity index is 1.74. The number of hydrogen-bond acceptors (Lipinski definition) is 5. The van der Waals surface area contributed by atoms with Crippen LogP contribution in [0.2, 0.25) is 0 Å². The van der Waals surface area contributed by atoms with Gasteiger partial charge in [-0.25, -0.2) is 4.79 Å². The molecule has 2 rings (SSSR count). The Morgan fingerprint density at radius 2 is 2.23 bits per heavy atom. The van der Waals surface area contributed by atoms with Gasteiger partial charge in [-0.05, 0) is 39.5 Å². The van der Waals surface area contributed by atoms with E-state index in [4.69, 9.17) is 4.74 Å². The average Bonchev–Trinajstić information content (AvgIpc) is 3.00. The Morgan fingerprint density at radius 1 is 1.45 bits per heavy atom. The molecule has 2 N–H and O–H groups in total. The zero-order valence-corrected chi connectivity index (χ0v) is 13.9. The topological polar surface area (TPSA) is 81.1 Å². The van der Waals surface area contributed by atoms with Crippen molar-refractivity contribution in [1.29, 1.82) is 0 Å². The number of ether oxygens (including phenoxy) is 1. The summed E-state index contributed by atoms with van der Waals surface area (Å²) in [6.45, 7) is 6.96. The molecule has 0 aromatic carbocycles. The number of nitrogens with one attached hydrogen (secondary N) is 2. The number of carbonyl (C=O) groups excluding carboxylic acids is 1. The van der Waals surface area contributed by atoms with Gasteiger partial charge in [-0.3, -0.25) is 4.68 Å². The highest BCUT2D eigenvalue weighted by Gasteiger charge is 2.28. The van der Waals surface area contributed by atoms with Gasteiger partial charge in [-0.2, -0.15) is 0 Å². The molecular formula is C15H27N5O2. The molecule has 0 bridgehead atoms. The van der Waals surface area contributed by atoms with Crippen molar-refractivity contribution in [3.63, 3.8) is 0 Å². The predicted octanol–water partition coefficient (Wildman–Crippen LogP) is 1.60. The van der Waals surface area contributed by atoms with E-state index in [9.17, 15) is 4.79 Å². The summed E-state index contributed by atoms with van der Waals surface area (Å²) in [5.41, 5.74) is 0.483. The van der Waals surface area contributed by atoms with E-state index in [1.807, 2.05) is 34.0 Å². The predicted molar refractivity (Wildman–Crippen MR) is 83.2 cm³/mol. The molecule has 22 heavy (non-hydrogen) atoms. The van der Waals surface area contributed by atoms with Crippen LogP contribution in [0.5, 0.6) is 0 Å². The van der Waals surface area contributed by atoms with Crippen LogP contribution in [0, 0.1) is 5.92 Å². The molecule has 1 heterocycles. The smallest absolute Gasteiger partial charge is 0.407 e. The van der Waals surface area contributed by atoms with Gasteiger partial charge in [0.1, 0.15) is 5.60 Å². The lowest BCUT2D eigenvalue weighted by Crippen LogP contribution is -2.40. The quantitative estimate of drug-likeness (QED) is 0.863. The summed E-state index contributed by atoms with van der Waals surface area (Å²) in [5, 5.41) is 14.4. The highest BCUT2D eigenvalue weighted by molar-refractivity contribution is 5.67. The normalized spacial score (nSPS) is 21.8. The zero-order valence-electron chi connectivity index (χ0n) is 13.9. The molecule has 7 heteroatoms. The van der Waals surface area contributed by atoms with Crippen molar-refractivity contribution in [2.75, 3.05) is 6.54 Å². The van der Waals surface area contributed by atoms with Crippen LogP contribution in [-0.4, -0.2) is 39.3 Å². The average molecular weight is 309 g/mol. The van der Waals surface area contributed by atoms with Crippen molar-refractivity contribution in [2.24, 2.45) is 13.0 Å². The van der Waals surface area contributed by atoms with Crippen LogP contribution >= 0.6 is 0 Å². The molecule has 0 saturated heterocycles. The molecule has 0 radical (unpaired) electrons. The van der Waals surface area contributed by atoms with E-state index in [2.05, 4.69) is 20.9 Å². The van der Waals surface area contributed by atoms with Crippen molar-refractivity contribution >= 4 is 6.09 Å². The molecule has 124 valence electrons. The second kappa shape index (κ2) is 7.09. The van der Waals surface area contributed by atoms with E-state index in [-0.39, 0.29) is 6.09 Å². The SMILES string of the molecule is Cn1cc(CNC2CCCC2CNC(=O)OC(C)(C)C)nn1. The lowest BCUT2D eigenvalue weighted by Gasteiger charge is -2.23. The van der Waals surface area contributed by atoms with Crippen molar-refractivity contribution in [3.05, 3.63) is 11.9 Å². The van der Waals surface area contributed by atoms with Crippen molar-refractivity contribution in [2.45, 2.75) is 58.2 Å². The summed E-state index contributed by atoms with van der Waals surface area (Å²) in [6.07, 6.45) is 5.00. The Morgan fingerprint density at radius 3 is 2.86 bits per heavy atom. The molecule has 1 aromatic heterocycles. The van der Waals surface area contributed by atoms with Crippen molar-refractivity contribution in [1.82, 2.24) is 25.6 Å². The molecule has 1 amide bonds. The fourth-order valence-electron chi connectivity index (χ4n) is 2.79. The molecule has 0 aliphatic heterocycles. The first kappa shape index (κ1) is 16.7. The number of amides is 1. The third kappa shape index (κ3) is 5.29. The van der Waals surface area contributed by atoms with Gasteiger partial charge >= 0.3 is 6.09 Å². The second-order valence-corrected chi connectivity index (χ2v) is 6.94. The third-order valence-electron chi connectivity index (χ3n) is 3.76. The van der Waals surface area contributed by atoms with Crippen LogP contribution in [-0.2, 0) is 18.3 Å². The van der Waals surface area contributed by atoms with E-state index in [1.54, 1.807) is 4.68 Å². The molecule has 7 nitrogen and oxygen atoms in total. The van der Waals surface area contributed by atoms with Crippen LogP contribution in [0.1, 0.15) is 45.7 Å². The van der Waals surface area contributed by atoms with Crippen LogP contribution in [0.25, 0.3) is 0 Å². The van der Waals surface area contributed by atoms with Crippen LogP contribution in [0.15, 0.2) is 6.20 Å². The Kier molecular flexibility index (Phi) is 5.39. The molecule has 0 spiro atoms. The minimum absolute atomic E-state index is 0.341. The molecular weight excluding hydrogens is 282 g/mol. The number of nitrogens with zero attached hydrogens (tertiary/aromatic N) is 3. The van der Waals surface area contributed by atoms with E-state index in [0.717, 1.165) is 18.5 Å². The lowest BCUT2D eigenvalue weighted by atomic mass is 10.0. The van der Waals surface area contributed by atoms with Gasteiger partial charge in [0, 0.05) is 32.4 Å². The van der Waals surface area contributed by atoms with Gasteiger partial charge < -0.3 is 15.4 Å². The largest absolute Gasteiger partial charge is 0.444 e. The number of carbonyl (C=O) groups is 1. The van der Waals surface area contributed by atoms with Gasteiger partial charge in [-0.15, -0.1) is 5.10 Å². The molecule has 2 atom stereocenters. The molecule has 1 aliphatic rings. The fourth-order valence-corrected chi connectivity index (χ4v) is 2.79. The molecule has 1 aromatic rings. The lowest BCUT2D eigenvalue weighted by molar-refractivity contribution is 0.0517. The Hall–Kier alpha value is -1.63. The van der Waals surface area contributed by atoms with Gasteiger partial charge in [0.2, 0.25) is 0 Å². The minimum atomic E-state index is -0.455. The molecule has 2 unspecified atom stereocenters. The molecule has 1 saturated carbocycles. The first-order chi connectivity index (χ1) is 10.3. The monoisotopic (exact) mass is 309 g/mol. The Bertz CT molecular complexity index is 494. The van der Waals surface area contributed by atoms with Crippen LogP contribution < -0.4 is 10.6 Å². The van der Waals surface area contributed by atoms with Gasteiger partial charge in [0.05, 0.1) is 5.69 Å². The maximum atomic E-state index is 11.7. The highest BCUT2D eigenvalue weighted by Crippen LogP contribution is 2.25. The summed E-state index contributed by atoms with van der Waals surface area (Å²) >= 11 is 0. The van der Waals surface area contributed by atoms with Gasteiger partial charge in [-0.1, -0.05) is 11.6 Å². The van der Waals surface area contributed by atoms with E-state index in [1.165, 1.54) is 6.42 Å². The van der Waals surface area contributed by atoms with Crippen molar-refractivity contribution in [3.8, 4) is 0 Å². The summed E-state index contributed by atoms with van der Waals surface area (Å²) < 4.78 is 6.97. The van der Waals surface area contributed by atoms with Crippen molar-refractivity contribution < 1.29 is 9.53 Å². The zero-order chi connectivity index (χ0) is 16.2. The second-order valence-electron chi connectivity index (χ2n) is 6.94. The first-order valence-electron chi connectivity index (χ1n) is 7.89. The maximum Gasteiger partial charge on any atom is 0.407 e. The summed E-state index contributed by atoms with van der Waals surface area (Å²) in [7, 11) is 1.86. The first-order valence-corrected chi connectivity index (χ1v) is 7.89. The molecule has 1 fully saturated rings. The highest BCUT2D eigenvalue weighted by atomic mass is 16.6. The minimum Gasteiger partial charge on any atom is -0.444 e. The third-order valence-corrected chi connectivity index (χ3v) is 3.76. The van der Waals surface area contributed by atoms with E-state index >= 15 is 0 Å². The molecule has 1 aliphatic carbocycles. The number of aromatic nitrogens is 3. The van der Waals surface area contributed by atoms with E-state index < -0.39 is 5.60 Å². The number of aryl methyl sites for hydroxylation is 1. The maximum absolute atomic E-state index is 11.7. The number of hydrogen-bond donors (Lipinski definition) is 2. The van der Waals surface area contributed by atoms with Gasteiger partial charge in [0.25, 0.3) is 0 Å². The standard InChI is InChI=1S/C15H27N5O2/c1-15(2,3)22-14(21)17-8-11-6-5-7-13(11)16-9-12-10-20(4)19-18-12/h10-11,13,16H,5-9H2,1-4H3,(H,17,21). The van der Waals surface area contributed by atoms with Gasteiger partial charge in [0.15, 0.2) is 0 Å².